The number of ether oxygens (including phenoxy) is 1. The van der Waals surface area contributed by atoms with Crippen molar-refractivity contribution in [3.8, 4) is 28.8 Å². The number of nitriles is 1. The normalized spacial score (nSPS) is 12.5. The van der Waals surface area contributed by atoms with Gasteiger partial charge in [-0.05, 0) is 62.1 Å². The van der Waals surface area contributed by atoms with Crippen LogP contribution in [0.4, 0.5) is 8.78 Å². The highest BCUT2D eigenvalue weighted by molar-refractivity contribution is 5.96. The van der Waals surface area contributed by atoms with Crippen LogP contribution in [0, 0.1) is 11.3 Å². The minimum Gasteiger partial charge on any atom is -0.473 e. The number of carbonyl (C=O) groups is 2. The Labute approximate surface area is 235 Å². The number of primary amides is 1. The summed E-state index contributed by atoms with van der Waals surface area (Å²) in [5.74, 6) is -0.932. The number of rotatable bonds is 12. The van der Waals surface area contributed by atoms with Gasteiger partial charge in [0.05, 0.1) is 29.6 Å². The van der Waals surface area contributed by atoms with Crippen molar-refractivity contribution in [2.75, 3.05) is 0 Å². The Bertz CT molecular complexity index is 1560. The van der Waals surface area contributed by atoms with Gasteiger partial charge in [-0.3, -0.25) is 9.59 Å². The summed E-state index contributed by atoms with van der Waals surface area (Å²) in [6, 6.07) is 15.5. The number of amides is 2. The van der Waals surface area contributed by atoms with Crippen molar-refractivity contribution >= 4 is 11.8 Å². The highest BCUT2D eigenvalue weighted by Gasteiger charge is 2.21. The predicted molar refractivity (Wildman–Crippen MR) is 147 cm³/mol. The van der Waals surface area contributed by atoms with Gasteiger partial charge in [-0.2, -0.15) is 19.1 Å². The maximum atomic E-state index is 13.1. The fourth-order valence-electron chi connectivity index (χ4n) is 4.24. The van der Waals surface area contributed by atoms with Gasteiger partial charge in [-0.15, -0.1) is 5.10 Å². The fourth-order valence-corrected chi connectivity index (χ4v) is 4.24. The van der Waals surface area contributed by atoms with Crippen molar-refractivity contribution in [3.05, 3.63) is 83.8 Å². The first-order chi connectivity index (χ1) is 19.7. The number of nitrogens with zero attached hydrogens (tertiary/aromatic N) is 5. The number of nitrogens with two attached hydrogens (primary N) is 1. The molecule has 0 aliphatic carbocycles. The monoisotopic (exact) mass is 561 g/mol. The Morgan fingerprint density at radius 3 is 2.51 bits per heavy atom. The topological polar surface area (TPSA) is 141 Å². The first-order valence-electron chi connectivity index (χ1n) is 13.0. The number of hydrogen-bond acceptors (Lipinski definition) is 6. The molecule has 4 rings (SSSR count). The van der Waals surface area contributed by atoms with Crippen molar-refractivity contribution in [3.63, 3.8) is 0 Å². The molecule has 2 aromatic carbocycles. The zero-order valence-electron chi connectivity index (χ0n) is 22.5. The molecular formula is C29H29F2N7O3. The summed E-state index contributed by atoms with van der Waals surface area (Å²) in [6.45, 7) is 0.964. The molecule has 0 aliphatic rings. The molecule has 3 N–H and O–H groups in total. The van der Waals surface area contributed by atoms with Crippen LogP contribution in [0.1, 0.15) is 65.9 Å². The second-order valence-corrected chi connectivity index (χ2v) is 9.47. The van der Waals surface area contributed by atoms with Crippen LogP contribution in [0.5, 0.6) is 5.88 Å². The Morgan fingerprint density at radius 2 is 1.88 bits per heavy atom. The highest BCUT2D eigenvalue weighted by Crippen LogP contribution is 2.25. The predicted octanol–water partition coefficient (Wildman–Crippen LogP) is 4.86. The van der Waals surface area contributed by atoms with E-state index < -0.39 is 18.4 Å². The molecule has 0 saturated heterocycles. The van der Waals surface area contributed by atoms with Crippen LogP contribution < -0.4 is 15.8 Å². The molecule has 0 spiro atoms. The molecule has 12 heteroatoms. The van der Waals surface area contributed by atoms with Crippen LogP contribution in [-0.4, -0.2) is 43.5 Å². The molecule has 41 heavy (non-hydrogen) atoms. The van der Waals surface area contributed by atoms with Gasteiger partial charge < -0.3 is 15.8 Å². The number of alkyl halides is 2. The molecule has 0 bridgehead atoms. The zero-order valence-corrected chi connectivity index (χ0v) is 22.5. The standard InChI is InChI=1S/C29H29F2N7O3/c1-3-23(10-9-18(2)41-28-25(26(33)39)17-37(36-28)24-7-5-4-6-8-24)35-27(40)21-12-19(14-32)11-20(13-21)22-15-34-38(16-22)29(30)31/h4-8,11-13,15-18,23,29H,3,9-10H2,1-2H3,(H2,33,39)(H,35,40)/t18-,23-/m0/s1. The third-order valence-electron chi connectivity index (χ3n) is 6.49. The lowest BCUT2D eigenvalue weighted by Crippen LogP contribution is -2.35. The summed E-state index contributed by atoms with van der Waals surface area (Å²) in [4.78, 5) is 25.1. The molecule has 4 aromatic rings. The third-order valence-corrected chi connectivity index (χ3v) is 6.49. The number of hydrogen-bond donors (Lipinski definition) is 2. The Balaban J connectivity index is 1.41. The maximum absolute atomic E-state index is 13.1. The summed E-state index contributed by atoms with van der Waals surface area (Å²) >= 11 is 0. The lowest BCUT2D eigenvalue weighted by Gasteiger charge is -2.20. The van der Waals surface area contributed by atoms with Gasteiger partial charge in [0.25, 0.3) is 11.8 Å². The average molecular weight is 562 g/mol. The number of para-hydroxylation sites is 1. The van der Waals surface area contributed by atoms with Crippen molar-refractivity contribution in [2.24, 2.45) is 5.73 Å². The second-order valence-electron chi connectivity index (χ2n) is 9.47. The number of halogens is 2. The number of benzene rings is 2. The molecule has 0 fully saturated rings. The Kier molecular flexibility index (Phi) is 9.08. The lowest BCUT2D eigenvalue weighted by molar-refractivity contribution is 0.0566. The van der Waals surface area contributed by atoms with E-state index in [0.717, 1.165) is 11.9 Å². The summed E-state index contributed by atoms with van der Waals surface area (Å²) in [5, 5.41) is 20.4. The van der Waals surface area contributed by atoms with Crippen LogP contribution in [0.25, 0.3) is 16.8 Å². The van der Waals surface area contributed by atoms with E-state index in [0.29, 0.717) is 35.1 Å². The van der Waals surface area contributed by atoms with Gasteiger partial charge >= 0.3 is 6.55 Å². The minimum atomic E-state index is -2.80. The molecule has 0 unspecified atom stereocenters. The van der Waals surface area contributed by atoms with Crippen LogP contribution >= 0.6 is 0 Å². The van der Waals surface area contributed by atoms with E-state index in [9.17, 15) is 23.6 Å². The van der Waals surface area contributed by atoms with Gasteiger partial charge in [0.15, 0.2) is 0 Å². The van der Waals surface area contributed by atoms with Crippen molar-refractivity contribution < 1.29 is 23.1 Å². The van der Waals surface area contributed by atoms with Gasteiger partial charge in [0.2, 0.25) is 5.88 Å². The fraction of sp³-hybridized carbons (Fsp3) is 0.276. The highest BCUT2D eigenvalue weighted by atomic mass is 19.3. The van der Waals surface area contributed by atoms with Crippen molar-refractivity contribution in [1.29, 1.82) is 5.26 Å². The van der Waals surface area contributed by atoms with E-state index in [1.54, 1.807) is 0 Å². The Hall–Kier alpha value is -5.05. The molecular weight excluding hydrogens is 532 g/mol. The smallest absolute Gasteiger partial charge is 0.333 e. The first-order valence-corrected chi connectivity index (χ1v) is 13.0. The van der Waals surface area contributed by atoms with Gasteiger partial charge in [0, 0.05) is 29.6 Å². The molecule has 10 nitrogen and oxygen atoms in total. The minimum absolute atomic E-state index is 0.127. The van der Waals surface area contributed by atoms with E-state index in [-0.39, 0.29) is 34.7 Å². The molecule has 2 heterocycles. The quantitative estimate of drug-likeness (QED) is 0.253. The van der Waals surface area contributed by atoms with Gasteiger partial charge in [0.1, 0.15) is 5.56 Å². The first kappa shape index (κ1) is 28.9. The van der Waals surface area contributed by atoms with E-state index in [2.05, 4.69) is 15.5 Å². The summed E-state index contributed by atoms with van der Waals surface area (Å²) < 4.78 is 33.9. The average Bonchev–Trinajstić information content (AvgIpc) is 3.64. The molecule has 2 atom stereocenters. The van der Waals surface area contributed by atoms with Crippen LogP contribution in [0.3, 0.4) is 0 Å². The van der Waals surface area contributed by atoms with E-state index >= 15 is 0 Å². The van der Waals surface area contributed by atoms with Gasteiger partial charge in [-0.25, -0.2) is 9.36 Å². The largest absolute Gasteiger partial charge is 0.473 e. The molecule has 212 valence electrons. The second kappa shape index (κ2) is 12.9. The summed E-state index contributed by atoms with van der Waals surface area (Å²) in [7, 11) is 0. The molecule has 0 aliphatic heterocycles. The molecule has 2 amide bonds. The van der Waals surface area contributed by atoms with E-state index in [1.807, 2.05) is 50.2 Å². The van der Waals surface area contributed by atoms with Crippen molar-refractivity contribution in [2.45, 2.75) is 51.8 Å². The summed E-state index contributed by atoms with van der Waals surface area (Å²) in [5.41, 5.74) is 7.68. The SMILES string of the molecule is CC[C@@H](CC[C@H](C)Oc1nn(-c2ccccc2)cc1C(N)=O)NC(=O)c1cc(C#N)cc(-c2cnn(C(F)F)c2)c1. The number of nitrogens with one attached hydrogen (secondary N) is 1. The van der Waals surface area contributed by atoms with E-state index in [4.69, 9.17) is 10.5 Å². The van der Waals surface area contributed by atoms with Crippen LogP contribution in [0.2, 0.25) is 0 Å². The number of carbonyl (C=O) groups excluding carboxylic acids is 2. The summed E-state index contributed by atoms with van der Waals surface area (Å²) in [6.07, 6.45) is 5.31. The molecule has 2 aromatic heterocycles. The van der Waals surface area contributed by atoms with Crippen LogP contribution in [-0.2, 0) is 0 Å². The maximum Gasteiger partial charge on any atom is 0.333 e. The molecule has 0 radical (unpaired) electrons. The number of aromatic nitrogens is 4. The molecule has 0 saturated carbocycles. The van der Waals surface area contributed by atoms with E-state index in [1.165, 1.54) is 35.3 Å². The van der Waals surface area contributed by atoms with Crippen molar-refractivity contribution in [1.82, 2.24) is 24.9 Å². The third kappa shape index (κ3) is 7.13. The lowest BCUT2D eigenvalue weighted by atomic mass is 10.0. The zero-order chi connectivity index (χ0) is 29.5. The van der Waals surface area contributed by atoms with Crippen LogP contribution in [0.15, 0.2) is 67.1 Å². The van der Waals surface area contributed by atoms with Gasteiger partial charge in [-0.1, -0.05) is 25.1 Å². The Morgan fingerprint density at radius 1 is 1.12 bits per heavy atom.